The van der Waals surface area contributed by atoms with E-state index in [1.807, 2.05) is 30.0 Å². The Bertz CT molecular complexity index is 919. The first kappa shape index (κ1) is 20.8. The Hall–Kier alpha value is -2.41. The Morgan fingerprint density at radius 3 is 2.83 bits per heavy atom. The maximum Gasteiger partial charge on any atom is 0.315 e. The summed E-state index contributed by atoms with van der Waals surface area (Å²) in [6.45, 7) is 0.692. The number of thioether (sulfide) groups is 1. The molecule has 0 aromatic heterocycles. The molecule has 0 radical (unpaired) electrons. The number of carbonyl (C=O) groups is 2. The van der Waals surface area contributed by atoms with Gasteiger partial charge >= 0.3 is 6.03 Å². The average Bonchev–Trinajstić information content (AvgIpc) is 3.28. The largest absolute Gasteiger partial charge is 0.398 e. The van der Waals surface area contributed by atoms with Crippen molar-refractivity contribution in [1.82, 2.24) is 16.0 Å². The van der Waals surface area contributed by atoms with Gasteiger partial charge in [-0.25, -0.2) is 4.79 Å². The first-order valence-corrected chi connectivity index (χ1v) is 11.9. The van der Waals surface area contributed by atoms with Gasteiger partial charge in [-0.05, 0) is 42.7 Å². The molecule has 30 heavy (non-hydrogen) atoms. The first-order valence-electron chi connectivity index (χ1n) is 10.8. The Labute approximate surface area is 181 Å². The van der Waals surface area contributed by atoms with Crippen LogP contribution in [0.3, 0.4) is 0 Å². The summed E-state index contributed by atoms with van der Waals surface area (Å²) in [5, 5.41) is 11.8. The predicted molar refractivity (Wildman–Crippen MR) is 124 cm³/mol. The van der Waals surface area contributed by atoms with E-state index in [2.05, 4.69) is 34.1 Å². The van der Waals surface area contributed by atoms with Gasteiger partial charge in [0.1, 0.15) is 0 Å². The lowest BCUT2D eigenvalue weighted by Gasteiger charge is -2.16. The molecule has 2 saturated heterocycles. The van der Waals surface area contributed by atoms with E-state index >= 15 is 0 Å². The van der Waals surface area contributed by atoms with Crippen LogP contribution in [0.4, 0.5) is 10.5 Å². The second-order valence-corrected chi connectivity index (χ2v) is 9.45. The summed E-state index contributed by atoms with van der Waals surface area (Å²) in [5.74, 6) is 1.11. The van der Waals surface area contributed by atoms with Gasteiger partial charge in [-0.15, -0.1) is 0 Å². The van der Waals surface area contributed by atoms with E-state index in [9.17, 15) is 9.59 Å². The van der Waals surface area contributed by atoms with Crippen molar-refractivity contribution in [2.75, 3.05) is 18.0 Å². The number of aryl methyl sites for hydroxylation is 1. The van der Waals surface area contributed by atoms with E-state index in [1.165, 1.54) is 10.9 Å². The summed E-state index contributed by atoms with van der Waals surface area (Å²) in [7, 11) is 0. The van der Waals surface area contributed by atoms with Crippen molar-refractivity contribution in [3.05, 3.63) is 42.0 Å². The number of hydrogen-bond donors (Lipinski definition) is 4. The molecule has 2 aromatic rings. The lowest BCUT2D eigenvalue weighted by molar-refractivity contribution is -0.121. The standard InChI is InChI=1S/C23H30N4O2S/c24-18-10-4-8-16-15(6-3-9-17(16)18)7-5-13-25-21(28)12-2-1-11-20-22-19(14-30-20)26-23(29)27-22/h3-4,6,8-10,19-20,22H,1-2,5,7,11-14,24H2,(H,25,28)(H2,26,27,29)/t19-,20-,22-/m0/s1. The highest BCUT2D eigenvalue weighted by molar-refractivity contribution is 8.00. The predicted octanol–water partition coefficient (Wildman–Crippen LogP) is 3.20. The van der Waals surface area contributed by atoms with Gasteiger partial charge < -0.3 is 21.7 Å². The van der Waals surface area contributed by atoms with Crippen LogP contribution in [0.15, 0.2) is 36.4 Å². The zero-order valence-corrected chi connectivity index (χ0v) is 18.0. The van der Waals surface area contributed by atoms with E-state index in [4.69, 9.17) is 5.73 Å². The molecule has 2 fully saturated rings. The SMILES string of the molecule is Nc1cccc2c(CCCNC(=O)CCCC[C@@H]3SC[C@@H]4NC(=O)N[C@@H]43)cccc12. The van der Waals surface area contributed by atoms with Gasteiger partial charge in [0.15, 0.2) is 0 Å². The summed E-state index contributed by atoms with van der Waals surface area (Å²) in [5.41, 5.74) is 8.15. The Morgan fingerprint density at radius 1 is 1.10 bits per heavy atom. The topological polar surface area (TPSA) is 96.2 Å². The summed E-state index contributed by atoms with van der Waals surface area (Å²) in [4.78, 5) is 23.6. The van der Waals surface area contributed by atoms with Crippen LogP contribution in [0.1, 0.15) is 37.7 Å². The highest BCUT2D eigenvalue weighted by Crippen LogP contribution is 2.33. The van der Waals surface area contributed by atoms with Crippen molar-refractivity contribution < 1.29 is 9.59 Å². The molecule has 0 unspecified atom stereocenters. The van der Waals surface area contributed by atoms with Crippen molar-refractivity contribution in [1.29, 1.82) is 0 Å². The van der Waals surface area contributed by atoms with E-state index < -0.39 is 0 Å². The lowest BCUT2D eigenvalue weighted by atomic mass is 10.00. The number of nitrogens with one attached hydrogen (secondary N) is 3. The maximum absolute atomic E-state index is 12.1. The molecule has 2 heterocycles. The van der Waals surface area contributed by atoms with E-state index in [0.29, 0.717) is 18.2 Å². The van der Waals surface area contributed by atoms with Gasteiger partial charge in [-0.2, -0.15) is 11.8 Å². The first-order chi connectivity index (χ1) is 14.6. The van der Waals surface area contributed by atoms with Crippen LogP contribution in [-0.4, -0.2) is 41.6 Å². The molecule has 2 aliphatic heterocycles. The van der Waals surface area contributed by atoms with Crippen molar-refractivity contribution in [3.8, 4) is 0 Å². The molecule has 7 heteroatoms. The minimum absolute atomic E-state index is 0.0401. The molecular weight excluding hydrogens is 396 g/mol. The number of nitrogen functional groups attached to an aromatic ring is 1. The maximum atomic E-state index is 12.1. The molecule has 3 atom stereocenters. The van der Waals surface area contributed by atoms with Crippen molar-refractivity contribution >= 4 is 40.2 Å². The lowest BCUT2D eigenvalue weighted by Crippen LogP contribution is -2.36. The molecule has 3 amide bonds. The number of urea groups is 1. The second kappa shape index (κ2) is 9.60. The van der Waals surface area contributed by atoms with E-state index in [0.717, 1.165) is 48.9 Å². The summed E-state index contributed by atoms with van der Waals surface area (Å²) in [6, 6.07) is 12.7. The van der Waals surface area contributed by atoms with E-state index in [-0.39, 0.29) is 24.0 Å². The number of carbonyl (C=O) groups excluding carboxylic acids is 2. The monoisotopic (exact) mass is 426 g/mol. The minimum atomic E-state index is -0.0401. The number of amides is 3. The zero-order chi connectivity index (χ0) is 20.9. The molecule has 2 aromatic carbocycles. The van der Waals surface area contributed by atoms with Gasteiger partial charge in [0.2, 0.25) is 5.91 Å². The molecule has 160 valence electrons. The number of nitrogens with two attached hydrogens (primary N) is 1. The third kappa shape index (κ3) is 4.83. The van der Waals surface area contributed by atoms with Crippen molar-refractivity contribution in [2.24, 2.45) is 0 Å². The normalized spacial score (nSPS) is 22.5. The van der Waals surface area contributed by atoms with Gasteiger partial charge in [-0.3, -0.25) is 4.79 Å². The van der Waals surface area contributed by atoms with Crippen molar-refractivity contribution in [3.63, 3.8) is 0 Å². The number of fused-ring (bicyclic) bond motifs is 2. The fourth-order valence-corrected chi connectivity index (χ4v) is 6.03. The van der Waals surface area contributed by atoms with Gasteiger partial charge in [0.25, 0.3) is 0 Å². The van der Waals surface area contributed by atoms with Gasteiger partial charge in [-0.1, -0.05) is 36.8 Å². The number of rotatable bonds is 9. The van der Waals surface area contributed by atoms with Crippen LogP contribution in [0.25, 0.3) is 10.8 Å². The molecule has 2 aliphatic rings. The number of benzene rings is 2. The molecular formula is C23H30N4O2S. The second-order valence-electron chi connectivity index (χ2n) is 8.18. The fourth-order valence-electron chi connectivity index (χ4n) is 4.49. The summed E-state index contributed by atoms with van der Waals surface area (Å²) >= 11 is 1.93. The third-order valence-electron chi connectivity index (χ3n) is 6.07. The van der Waals surface area contributed by atoms with Crippen LogP contribution in [-0.2, 0) is 11.2 Å². The summed E-state index contributed by atoms with van der Waals surface area (Å²) < 4.78 is 0. The smallest absolute Gasteiger partial charge is 0.315 e. The van der Waals surface area contributed by atoms with Crippen LogP contribution in [0.5, 0.6) is 0 Å². The molecule has 0 bridgehead atoms. The third-order valence-corrected chi connectivity index (χ3v) is 7.58. The van der Waals surface area contributed by atoms with Gasteiger partial charge in [0, 0.05) is 35.0 Å². The van der Waals surface area contributed by atoms with Crippen LogP contribution >= 0.6 is 11.8 Å². The Morgan fingerprint density at radius 2 is 1.93 bits per heavy atom. The molecule has 6 nitrogen and oxygen atoms in total. The molecule has 4 rings (SSSR count). The van der Waals surface area contributed by atoms with E-state index in [1.54, 1.807) is 0 Å². The Kier molecular flexibility index (Phi) is 6.67. The highest BCUT2D eigenvalue weighted by atomic mass is 32.2. The zero-order valence-electron chi connectivity index (χ0n) is 17.2. The summed E-state index contributed by atoms with van der Waals surface area (Å²) in [6.07, 6.45) is 5.36. The molecule has 0 saturated carbocycles. The van der Waals surface area contributed by atoms with Crippen LogP contribution < -0.4 is 21.7 Å². The molecule has 0 aliphatic carbocycles. The highest BCUT2D eigenvalue weighted by Gasteiger charge is 2.42. The number of hydrogen-bond acceptors (Lipinski definition) is 4. The number of unbranched alkanes of at least 4 members (excludes halogenated alkanes) is 1. The van der Waals surface area contributed by atoms with Gasteiger partial charge in [0.05, 0.1) is 12.1 Å². The quantitative estimate of drug-likeness (QED) is 0.281. The molecule has 0 spiro atoms. The number of anilines is 1. The average molecular weight is 427 g/mol. The minimum Gasteiger partial charge on any atom is -0.398 e. The fraction of sp³-hybridized carbons (Fsp3) is 0.478. The van der Waals surface area contributed by atoms with Crippen LogP contribution in [0, 0.1) is 0 Å². The molecule has 5 N–H and O–H groups in total. The van der Waals surface area contributed by atoms with Crippen molar-refractivity contribution in [2.45, 2.75) is 55.9 Å². The Balaban J connectivity index is 1.12. The van der Waals surface area contributed by atoms with Crippen LogP contribution in [0.2, 0.25) is 0 Å².